The first-order valence-corrected chi connectivity index (χ1v) is 8.79. The van der Waals surface area contributed by atoms with Crippen molar-refractivity contribution >= 4 is 18.3 Å². The quantitative estimate of drug-likeness (QED) is 0.808. The van der Waals surface area contributed by atoms with Crippen LogP contribution in [0.15, 0.2) is 42.7 Å². The van der Waals surface area contributed by atoms with Gasteiger partial charge in [-0.25, -0.2) is 0 Å². The van der Waals surface area contributed by atoms with E-state index in [9.17, 15) is 9.90 Å². The van der Waals surface area contributed by atoms with Crippen LogP contribution in [0.5, 0.6) is 0 Å². The third-order valence-electron chi connectivity index (χ3n) is 4.93. The molecule has 2 aromatic rings. The van der Waals surface area contributed by atoms with Gasteiger partial charge >= 0.3 is 0 Å². The lowest BCUT2D eigenvalue weighted by atomic mass is 10.00. The summed E-state index contributed by atoms with van der Waals surface area (Å²) >= 11 is 0. The van der Waals surface area contributed by atoms with Gasteiger partial charge in [-0.1, -0.05) is 30.3 Å². The Kier molecular flexibility index (Phi) is 7.20. The molecule has 0 saturated carbocycles. The topological polar surface area (TPSA) is 70.4 Å². The van der Waals surface area contributed by atoms with Crippen LogP contribution in [0, 0.1) is 0 Å². The van der Waals surface area contributed by atoms with Gasteiger partial charge in [0.2, 0.25) is 5.91 Å². The lowest BCUT2D eigenvalue weighted by Crippen LogP contribution is -2.43. The van der Waals surface area contributed by atoms with E-state index in [0.717, 1.165) is 30.5 Å². The van der Waals surface area contributed by atoms with E-state index in [1.807, 2.05) is 48.5 Å². The molecule has 3 atom stereocenters. The standard InChI is InChI=1S/C19H26N4O2.ClH/c1-20-18(15-12-21-22(2)13-15)19(25)23-10-6-9-16(23)11-17(24)14-7-4-3-5-8-14;/h3-5,7-8,12-13,16-18,20,24H,6,9-11H2,1-2H3;1H. The van der Waals surface area contributed by atoms with Gasteiger partial charge in [0.15, 0.2) is 0 Å². The number of aliphatic hydroxyl groups is 1. The summed E-state index contributed by atoms with van der Waals surface area (Å²) in [6, 6.07) is 9.31. The molecule has 0 radical (unpaired) electrons. The van der Waals surface area contributed by atoms with Crippen LogP contribution < -0.4 is 5.32 Å². The lowest BCUT2D eigenvalue weighted by Gasteiger charge is -2.30. The molecule has 1 aliphatic heterocycles. The van der Waals surface area contributed by atoms with E-state index in [-0.39, 0.29) is 24.4 Å². The SMILES string of the molecule is CNC(C(=O)N1CCCC1CC(O)c1ccccc1)c1cnn(C)c1.Cl. The Labute approximate surface area is 160 Å². The number of nitrogens with zero attached hydrogens (tertiary/aromatic N) is 3. The Morgan fingerprint density at radius 2 is 2.08 bits per heavy atom. The van der Waals surface area contributed by atoms with Gasteiger partial charge in [-0.2, -0.15) is 5.10 Å². The second kappa shape index (κ2) is 9.16. The van der Waals surface area contributed by atoms with Gasteiger partial charge in [0.05, 0.1) is 12.3 Å². The molecule has 6 nitrogen and oxygen atoms in total. The van der Waals surface area contributed by atoms with Crippen molar-refractivity contribution in [2.24, 2.45) is 7.05 Å². The summed E-state index contributed by atoms with van der Waals surface area (Å²) in [6.07, 6.45) is 5.51. The number of carbonyl (C=O) groups excluding carboxylic acids is 1. The van der Waals surface area contributed by atoms with Crippen molar-refractivity contribution in [1.82, 2.24) is 20.0 Å². The zero-order valence-corrected chi connectivity index (χ0v) is 16.0. The van der Waals surface area contributed by atoms with Gasteiger partial charge in [0.1, 0.15) is 6.04 Å². The maximum atomic E-state index is 13.1. The summed E-state index contributed by atoms with van der Waals surface area (Å²) in [7, 11) is 3.63. The van der Waals surface area contributed by atoms with Crippen molar-refractivity contribution < 1.29 is 9.90 Å². The van der Waals surface area contributed by atoms with Crippen LogP contribution in [0.3, 0.4) is 0 Å². The highest BCUT2D eigenvalue weighted by molar-refractivity contribution is 5.85. The second-order valence-corrected chi connectivity index (χ2v) is 6.66. The van der Waals surface area contributed by atoms with Gasteiger partial charge in [0.25, 0.3) is 0 Å². The minimum Gasteiger partial charge on any atom is -0.388 e. The molecule has 142 valence electrons. The van der Waals surface area contributed by atoms with Crippen LogP contribution in [-0.2, 0) is 11.8 Å². The molecule has 26 heavy (non-hydrogen) atoms. The average molecular weight is 379 g/mol. The number of rotatable bonds is 6. The molecule has 3 unspecified atom stereocenters. The number of likely N-dealkylation sites (tertiary alicyclic amines) is 1. The summed E-state index contributed by atoms with van der Waals surface area (Å²) < 4.78 is 1.70. The first kappa shape index (κ1) is 20.4. The van der Waals surface area contributed by atoms with Crippen LogP contribution in [0.25, 0.3) is 0 Å². The van der Waals surface area contributed by atoms with Crippen LogP contribution in [0.1, 0.15) is 42.5 Å². The Balaban J connectivity index is 0.00000243. The Morgan fingerprint density at radius 3 is 2.69 bits per heavy atom. The van der Waals surface area contributed by atoms with Crippen LogP contribution in [-0.4, -0.2) is 45.3 Å². The molecule has 1 amide bonds. The molecule has 7 heteroatoms. The van der Waals surface area contributed by atoms with Crippen molar-refractivity contribution in [3.63, 3.8) is 0 Å². The van der Waals surface area contributed by atoms with Crippen LogP contribution in [0.2, 0.25) is 0 Å². The Bertz CT molecular complexity index is 707. The molecule has 1 aromatic heterocycles. The molecule has 0 spiro atoms. The maximum absolute atomic E-state index is 13.1. The van der Waals surface area contributed by atoms with Crippen molar-refractivity contribution in [2.75, 3.05) is 13.6 Å². The van der Waals surface area contributed by atoms with E-state index in [1.165, 1.54) is 0 Å². The van der Waals surface area contributed by atoms with Crippen molar-refractivity contribution in [1.29, 1.82) is 0 Å². The molecule has 2 N–H and O–H groups in total. The largest absolute Gasteiger partial charge is 0.388 e. The number of benzene rings is 1. The summed E-state index contributed by atoms with van der Waals surface area (Å²) in [4.78, 5) is 15.0. The fourth-order valence-electron chi connectivity index (χ4n) is 3.63. The highest BCUT2D eigenvalue weighted by Gasteiger charge is 2.34. The number of nitrogens with one attached hydrogen (secondary N) is 1. The lowest BCUT2D eigenvalue weighted by molar-refractivity contribution is -0.134. The number of likely N-dealkylation sites (N-methyl/N-ethyl adjacent to an activating group) is 1. The maximum Gasteiger partial charge on any atom is 0.244 e. The highest BCUT2D eigenvalue weighted by atomic mass is 35.5. The molecule has 3 rings (SSSR count). The van der Waals surface area contributed by atoms with Gasteiger partial charge in [0, 0.05) is 31.4 Å². The number of carbonyl (C=O) groups is 1. The van der Waals surface area contributed by atoms with E-state index in [0.29, 0.717) is 6.42 Å². The number of amides is 1. The Morgan fingerprint density at radius 1 is 1.35 bits per heavy atom. The molecule has 1 fully saturated rings. The van der Waals surface area contributed by atoms with Gasteiger partial charge < -0.3 is 15.3 Å². The minimum absolute atomic E-state index is 0. The molecular weight excluding hydrogens is 352 g/mol. The molecule has 1 aliphatic rings. The fraction of sp³-hybridized carbons (Fsp3) is 0.474. The fourth-order valence-corrected chi connectivity index (χ4v) is 3.63. The zero-order chi connectivity index (χ0) is 17.8. The predicted octanol–water partition coefficient (Wildman–Crippen LogP) is 2.22. The van der Waals surface area contributed by atoms with Gasteiger partial charge in [-0.05, 0) is 31.9 Å². The summed E-state index contributed by atoms with van der Waals surface area (Å²) in [5, 5.41) is 17.8. The van der Waals surface area contributed by atoms with Crippen LogP contribution >= 0.6 is 12.4 Å². The van der Waals surface area contributed by atoms with E-state index < -0.39 is 12.1 Å². The molecule has 0 bridgehead atoms. The first-order chi connectivity index (χ1) is 12.1. The first-order valence-electron chi connectivity index (χ1n) is 8.79. The highest BCUT2D eigenvalue weighted by Crippen LogP contribution is 2.29. The number of hydrogen-bond acceptors (Lipinski definition) is 4. The smallest absolute Gasteiger partial charge is 0.244 e. The Hall–Kier alpha value is -1.89. The predicted molar refractivity (Wildman–Crippen MR) is 103 cm³/mol. The normalized spacial score (nSPS) is 19.0. The second-order valence-electron chi connectivity index (χ2n) is 6.66. The number of aromatic nitrogens is 2. The monoisotopic (exact) mass is 378 g/mol. The third-order valence-corrected chi connectivity index (χ3v) is 4.93. The molecule has 0 aliphatic carbocycles. The number of halogens is 1. The van der Waals surface area contributed by atoms with Gasteiger partial charge in [-0.15, -0.1) is 12.4 Å². The minimum atomic E-state index is -0.550. The summed E-state index contributed by atoms with van der Waals surface area (Å²) in [5.74, 6) is 0.0539. The van der Waals surface area contributed by atoms with Crippen molar-refractivity contribution in [3.8, 4) is 0 Å². The van der Waals surface area contributed by atoms with Crippen molar-refractivity contribution in [3.05, 3.63) is 53.9 Å². The number of aryl methyl sites for hydroxylation is 1. The zero-order valence-electron chi connectivity index (χ0n) is 15.2. The summed E-state index contributed by atoms with van der Waals surface area (Å²) in [5.41, 5.74) is 1.77. The van der Waals surface area contributed by atoms with E-state index in [2.05, 4.69) is 10.4 Å². The third kappa shape index (κ3) is 4.44. The number of hydrogen-bond donors (Lipinski definition) is 2. The average Bonchev–Trinajstić information content (AvgIpc) is 3.25. The van der Waals surface area contributed by atoms with E-state index in [1.54, 1.807) is 17.9 Å². The molecule has 1 aromatic carbocycles. The number of aliphatic hydroxyl groups excluding tert-OH is 1. The molecule has 2 heterocycles. The van der Waals surface area contributed by atoms with Crippen LogP contribution in [0.4, 0.5) is 0 Å². The molecular formula is C19H27ClN4O2. The summed E-state index contributed by atoms with van der Waals surface area (Å²) in [6.45, 7) is 0.740. The molecule has 1 saturated heterocycles. The van der Waals surface area contributed by atoms with Gasteiger partial charge in [-0.3, -0.25) is 9.48 Å². The van der Waals surface area contributed by atoms with Crippen molar-refractivity contribution in [2.45, 2.75) is 37.5 Å². The van der Waals surface area contributed by atoms with E-state index in [4.69, 9.17) is 0 Å². The van der Waals surface area contributed by atoms with E-state index >= 15 is 0 Å².